The van der Waals surface area contributed by atoms with E-state index >= 15 is 0 Å². The van der Waals surface area contributed by atoms with Gasteiger partial charge in [0, 0.05) is 6.04 Å². The maximum absolute atomic E-state index is 13.2. The highest BCUT2D eigenvalue weighted by molar-refractivity contribution is 5.85. The highest BCUT2D eigenvalue weighted by Gasteiger charge is 2.78. The van der Waals surface area contributed by atoms with Crippen molar-refractivity contribution in [3.05, 3.63) is 0 Å². The Balaban J connectivity index is 2.89. The van der Waals surface area contributed by atoms with E-state index in [9.17, 15) is 39.9 Å². The summed E-state index contributed by atoms with van der Waals surface area (Å²) in [7, 11) is 0. The second kappa shape index (κ2) is 5.96. The lowest BCUT2D eigenvalue weighted by Crippen LogP contribution is -2.63. The minimum absolute atomic E-state index is 0.235. The van der Waals surface area contributed by atoms with E-state index in [4.69, 9.17) is 0 Å². The van der Waals surface area contributed by atoms with Crippen LogP contribution in [0.5, 0.6) is 0 Å². The highest BCUT2D eigenvalue weighted by Crippen LogP contribution is 2.48. The number of alkyl halides is 8. The summed E-state index contributed by atoms with van der Waals surface area (Å²) in [5.74, 6) is -21.4. The van der Waals surface area contributed by atoms with Crippen LogP contribution in [0.1, 0.15) is 32.1 Å². The van der Waals surface area contributed by atoms with E-state index in [1.807, 2.05) is 0 Å². The number of halogens is 8. The summed E-state index contributed by atoms with van der Waals surface area (Å²) in [6.45, 7) is 0. The number of rotatable bonds is 5. The molecule has 0 aromatic heterocycles. The molecular weight excluding hydrogens is 314 g/mol. The van der Waals surface area contributed by atoms with Crippen molar-refractivity contribution in [1.29, 1.82) is 0 Å². The predicted octanol–water partition coefficient (Wildman–Crippen LogP) is 3.61. The van der Waals surface area contributed by atoms with Crippen LogP contribution < -0.4 is 5.32 Å². The molecule has 10 heteroatoms. The lowest BCUT2D eigenvalue weighted by atomic mass is 9.95. The molecule has 1 aliphatic rings. The quantitative estimate of drug-likeness (QED) is 0.768. The molecule has 0 aromatic rings. The van der Waals surface area contributed by atoms with E-state index in [0.717, 1.165) is 6.42 Å². The Morgan fingerprint density at radius 1 is 0.952 bits per heavy atom. The third-order valence-electron chi connectivity index (χ3n) is 3.31. The van der Waals surface area contributed by atoms with Crippen LogP contribution in [0.4, 0.5) is 35.1 Å². The largest absolute Gasteiger partial charge is 0.392 e. The second-order valence-corrected chi connectivity index (χ2v) is 4.88. The molecule has 124 valence electrons. The average Bonchev–Trinajstić information content (AvgIpc) is 2.39. The van der Waals surface area contributed by atoms with Crippen molar-refractivity contribution in [1.82, 2.24) is 5.32 Å². The molecule has 21 heavy (non-hydrogen) atoms. The van der Waals surface area contributed by atoms with Gasteiger partial charge in [-0.1, -0.05) is 19.3 Å². The maximum Gasteiger partial charge on any atom is 0.392 e. The number of amides is 1. The minimum atomic E-state index is -6.49. The molecule has 0 aromatic carbocycles. The Morgan fingerprint density at radius 2 is 1.43 bits per heavy atom. The van der Waals surface area contributed by atoms with Crippen LogP contribution in [0.15, 0.2) is 0 Å². The van der Waals surface area contributed by atoms with Crippen LogP contribution in [0, 0.1) is 0 Å². The predicted molar refractivity (Wildman–Crippen MR) is 55.9 cm³/mol. The Labute approximate surface area is 114 Å². The summed E-state index contributed by atoms with van der Waals surface area (Å²) in [4.78, 5) is 11.1. The van der Waals surface area contributed by atoms with Gasteiger partial charge in [0.2, 0.25) is 0 Å². The zero-order valence-electron chi connectivity index (χ0n) is 10.6. The summed E-state index contributed by atoms with van der Waals surface area (Å²) in [5, 5.41) is 1.53. The summed E-state index contributed by atoms with van der Waals surface area (Å²) in [6, 6.07) is -0.854. The molecule has 1 aliphatic carbocycles. The number of hydrogen-bond donors (Lipinski definition) is 1. The molecule has 1 rings (SSSR count). The number of carbonyl (C=O) groups is 1. The standard InChI is InChI=1S/C11H13F8NO/c12-7(13)9(14,15)11(18,19)10(16,17)8(21)20-6-4-2-1-3-5-6/h6-7H,1-5H2,(H,20,21). The third-order valence-corrected chi connectivity index (χ3v) is 3.31. The molecule has 0 heterocycles. The normalized spacial score (nSPS) is 18.9. The van der Waals surface area contributed by atoms with Crippen LogP contribution in [0.25, 0.3) is 0 Å². The van der Waals surface area contributed by atoms with Crippen LogP contribution >= 0.6 is 0 Å². The molecular formula is C11H13F8NO. The smallest absolute Gasteiger partial charge is 0.348 e. The molecule has 1 saturated carbocycles. The SMILES string of the molecule is O=C(NC1CCCCC1)C(F)(F)C(F)(F)C(F)(F)C(F)F. The fourth-order valence-electron chi connectivity index (χ4n) is 2.01. The van der Waals surface area contributed by atoms with Gasteiger partial charge in [-0.3, -0.25) is 4.79 Å². The van der Waals surface area contributed by atoms with Crippen molar-refractivity contribution >= 4 is 5.91 Å². The van der Waals surface area contributed by atoms with Gasteiger partial charge in [-0.2, -0.15) is 26.3 Å². The molecule has 0 spiro atoms. The molecule has 0 aliphatic heterocycles. The van der Waals surface area contributed by atoms with Crippen molar-refractivity contribution < 1.29 is 39.9 Å². The fraction of sp³-hybridized carbons (Fsp3) is 0.909. The molecule has 0 bridgehead atoms. The van der Waals surface area contributed by atoms with Gasteiger partial charge >= 0.3 is 24.2 Å². The lowest BCUT2D eigenvalue weighted by Gasteiger charge is -2.32. The van der Waals surface area contributed by atoms with E-state index < -0.39 is 36.1 Å². The molecule has 2 nitrogen and oxygen atoms in total. The number of nitrogens with one attached hydrogen (secondary N) is 1. The van der Waals surface area contributed by atoms with Gasteiger partial charge < -0.3 is 5.32 Å². The Bertz CT molecular complexity index is 378. The first-order valence-corrected chi connectivity index (χ1v) is 6.17. The zero-order valence-corrected chi connectivity index (χ0v) is 10.6. The van der Waals surface area contributed by atoms with Crippen molar-refractivity contribution in [2.75, 3.05) is 0 Å². The van der Waals surface area contributed by atoms with Gasteiger partial charge in [-0.25, -0.2) is 8.78 Å². The molecule has 1 N–H and O–H groups in total. The molecule has 1 fully saturated rings. The maximum atomic E-state index is 13.2. The third kappa shape index (κ3) is 3.23. The summed E-state index contributed by atoms with van der Waals surface area (Å²) < 4.78 is 101. The van der Waals surface area contributed by atoms with Crippen LogP contribution in [0.3, 0.4) is 0 Å². The summed E-state index contributed by atoms with van der Waals surface area (Å²) in [6.07, 6.45) is -2.68. The van der Waals surface area contributed by atoms with E-state index in [1.54, 1.807) is 0 Å². The molecule has 0 radical (unpaired) electrons. The lowest BCUT2D eigenvalue weighted by molar-refractivity contribution is -0.328. The van der Waals surface area contributed by atoms with Crippen molar-refractivity contribution in [2.45, 2.75) is 62.3 Å². The van der Waals surface area contributed by atoms with E-state index in [-0.39, 0.29) is 12.8 Å². The van der Waals surface area contributed by atoms with Gasteiger partial charge in [0.05, 0.1) is 0 Å². The minimum Gasteiger partial charge on any atom is -0.348 e. The fourth-order valence-corrected chi connectivity index (χ4v) is 2.01. The molecule has 0 saturated heterocycles. The van der Waals surface area contributed by atoms with Gasteiger partial charge in [0.25, 0.3) is 5.91 Å². The monoisotopic (exact) mass is 327 g/mol. The number of hydrogen-bond acceptors (Lipinski definition) is 1. The van der Waals surface area contributed by atoms with Crippen molar-refractivity contribution in [3.63, 3.8) is 0 Å². The summed E-state index contributed by atoms with van der Waals surface area (Å²) >= 11 is 0. The molecule has 0 atom stereocenters. The second-order valence-electron chi connectivity index (χ2n) is 4.88. The van der Waals surface area contributed by atoms with E-state index in [2.05, 4.69) is 0 Å². The zero-order chi connectivity index (χ0) is 16.5. The van der Waals surface area contributed by atoms with Gasteiger partial charge in [-0.05, 0) is 12.8 Å². The van der Waals surface area contributed by atoms with Crippen LogP contribution in [-0.2, 0) is 4.79 Å². The first-order chi connectivity index (χ1) is 9.44. The number of carbonyl (C=O) groups excluding carboxylic acids is 1. The topological polar surface area (TPSA) is 29.1 Å². The van der Waals surface area contributed by atoms with Gasteiger partial charge in [-0.15, -0.1) is 0 Å². The molecule has 1 amide bonds. The van der Waals surface area contributed by atoms with Crippen molar-refractivity contribution in [3.8, 4) is 0 Å². The Hall–Kier alpha value is -1.09. The van der Waals surface area contributed by atoms with Crippen LogP contribution in [-0.4, -0.2) is 36.1 Å². The Kier molecular flexibility index (Phi) is 5.09. The molecule has 0 unspecified atom stereocenters. The van der Waals surface area contributed by atoms with Crippen LogP contribution in [0.2, 0.25) is 0 Å². The average molecular weight is 327 g/mol. The Morgan fingerprint density at radius 3 is 1.86 bits per heavy atom. The van der Waals surface area contributed by atoms with Gasteiger partial charge in [0.15, 0.2) is 0 Å². The van der Waals surface area contributed by atoms with Crippen molar-refractivity contribution in [2.24, 2.45) is 0 Å². The summed E-state index contributed by atoms with van der Waals surface area (Å²) in [5.41, 5.74) is 0. The van der Waals surface area contributed by atoms with E-state index in [0.29, 0.717) is 12.8 Å². The highest BCUT2D eigenvalue weighted by atomic mass is 19.4. The van der Waals surface area contributed by atoms with E-state index in [1.165, 1.54) is 5.32 Å². The van der Waals surface area contributed by atoms with Gasteiger partial charge in [0.1, 0.15) is 0 Å². The first-order valence-electron chi connectivity index (χ1n) is 6.17. The first kappa shape index (κ1) is 18.0.